The van der Waals surface area contributed by atoms with E-state index in [1.54, 1.807) is 11.0 Å². The van der Waals surface area contributed by atoms with Crippen molar-refractivity contribution in [2.75, 3.05) is 44.3 Å². The molecule has 1 aliphatic heterocycles. The molecule has 1 aliphatic rings. The Bertz CT molecular complexity index is 579. The predicted molar refractivity (Wildman–Crippen MR) is 92.6 cm³/mol. The molecule has 1 heterocycles. The van der Waals surface area contributed by atoms with Crippen molar-refractivity contribution in [1.29, 1.82) is 0 Å². The maximum atomic E-state index is 13.0. The Labute approximate surface area is 142 Å². The van der Waals surface area contributed by atoms with Crippen LogP contribution in [0.25, 0.3) is 0 Å². The van der Waals surface area contributed by atoms with Crippen LogP contribution in [0.2, 0.25) is 0 Å². The van der Waals surface area contributed by atoms with Crippen molar-refractivity contribution in [3.8, 4) is 0 Å². The van der Waals surface area contributed by atoms with Crippen LogP contribution in [0, 0.1) is 10.1 Å². The van der Waals surface area contributed by atoms with Crippen LogP contribution < -0.4 is 4.90 Å². The number of nitro groups is 1. The molecule has 0 atom stereocenters. The molecule has 0 aliphatic carbocycles. The van der Waals surface area contributed by atoms with Crippen molar-refractivity contribution >= 4 is 17.3 Å². The highest BCUT2D eigenvalue weighted by molar-refractivity contribution is 6.00. The second-order valence-electron chi connectivity index (χ2n) is 5.85. The number of benzene rings is 1. The number of carbonyl (C=O) groups is 1. The molecule has 7 nitrogen and oxygen atoms in total. The van der Waals surface area contributed by atoms with Gasteiger partial charge in [-0.3, -0.25) is 14.9 Å². The highest BCUT2D eigenvalue weighted by atomic mass is 16.6. The quantitative estimate of drug-likeness (QED) is 0.565. The summed E-state index contributed by atoms with van der Waals surface area (Å²) in [4.78, 5) is 27.5. The summed E-state index contributed by atoms with van der Waals surface area (Å²) in [6.45, 7) is 7.89. The summed E-state index contributed by atoms with van der Waals surface area (Å²) in [7, 11) is 0. The van der Waals surface area contributed by atoms with Gasteiger partial charge < -0.3 is 14.5 Å². The first-order valence-corrected chi connectivity index (χ1v) is 8.48. The first kappa shape index (κ1) is 18.2. The maximum absolute atomic E-state index is 13.0. The molecule has 7 heteroatoms. The fourth-order valence-corrected chi connectivity index (χ4v) is 2.91. The van der Waals surface area contributed by atoms with Gasteiger partial charge in [0.2, 0.25) is 0 Å². The van der Waals surface area contributed by atoms with Crippen LogP contribution in [0.3, 0.4) is 0 Å². The fourth-order valence-electron chi connectivity index (χ4n) is 2.91. The van der Waals surface area contributed by atoms with Gasteiger partial charge in [-0.25, -0.2) is 0 Å². The van der Waals surface area contributed by atoms with Gasteiger partial charge in [0.25, 0.3) is 11.6 Å². The summed E-state index contributed by atoms with van der Waals surface area (Å²) >= 11 is 0. The zero-order valence-electron chi connectivity index (χ0n) is 14.4. The Morgan fingerprint density at radius 3 is 2.42 bits per heavy atom. The molecule has 1 aromatic carbocycles. The molecule has 1 fully saturated rings. The number of hydrogen-bond acceptors (Lipinski definition) is 5. The lowest BCUT2D eigenvalue weighted by atomic mass is 10.1. The molecular formula is C17H25N3O4. The molecule has 0 radical (unpaired) electrons. The maximum Gasteiger partial charge on any atom is 0.270 e. The molecule has 0 aromatic heterocycles. The van der Waals surface area contributed by atoms with Crippen molar-refractivity contribution in [2.45, 2.75) is 26.7 Å². The standard InChI is InChI=1S/C17H25N3O4/c1-3-7-19(8-4-2)17(21)15-13-14(20(22)23)5-6-16(15)18-9-11-24-12-10-18/h5-6,13H,3-4,7-12H2,1-2H3. The number of carbonyl (C=O) groups excluding carboxylic acids is 1. The van der Waals surface area contributed by atoms with E-state index in [0.717, 1.165) is 18.5 Å². The van der Waals surface area contributed by atoms with E-state index in [2.05, 4.69) is 4.90 Å². The summed E-state index contributed by atoms with van der Waals surface area (Å²) in [6.07, 6.45) is 1.71. The van der Waals surface area contributed by atoms with Crippen LogP contribution in [-0.2, 0) is 4.74 Å². The van der Waals surface area contributed by atoms with Gasteiger partial charge in [0.15, 0.2) is 0 Å². The van der Waals surface area contributed by atoms with Crippen LogP contribution in [0.5, 0.6) is 0 Å². The zero-order chi connectivity index (χ0) is 17.5. The molecule has 0 N–H and O–H groups in total. The highest BCUT2D eigenvalue weighted by Gasteiger charge is 2.24. The molecule has 0 unspecified atom stereocenters. The van der Waals surface area contributed by atoms with Gasteiger partial charge in [0, 0.05) is 38.3 Å². The van der Waals surface area contributed by atoms with Gasteiger partial charge >= 0.3 is 0 Å². The van der Waals surface area contributed by atoms with Gasteiger partial charge in [-0.05, 0) is 18.9 Å². The van der Waals surface area contributed by atoms with E-state index in [-0.39, 0.29) is 11.6 Å². The SMILES string of the molecule is CCCN(CCC)C(=O)c1cc([N+](=O)[O-])ccc1N1CCOCC1. The third kappa shape index (κ3) is 4.23. The third-order valence-electron chi connectivity index (χ3n) is 4.05. The smallest absolute Gasteiger partial charge is 0.270 e. The molecule has 0 bridgehead atoms. The number of nitro benzene ring substituents is 1. The van der Waals surface area contributed by atoms with Crippen LogP contribution >= 0.6 is 0 Å². The number of non-ortho nitro benzene ring substituents is 1. The molecule has 24 heavy (non-hydrogen) atoms. The van der Waals surface area contributed by atoms with Crippen molar-refractivity contribution in [3.05, 3.63) is 33.9 Å². The summed E-state index contributed by atoms with van der Waals surface area (Å²) < 4.78 is 5.36. The van der Waals surface area contributed by atoms with Gasteiger partial charge in [-0.15, -0.1) is 0 Å². The molecule has 0 spiro atoms. The van der Waals surface area contributed by atoms with E-state index >= 15 is 0 Å². The van der Waals surface area contributed by atoms with E-state index < -0.39 is 4.92 Å². The van der Waals surface area contributed by atoms with Crippen molar-refractivity contribution in [3.63, 3.8) is 0 Å². The van der Waals surface area contributed by atoms with Crippen LogP contribution in [0.4, 0.5) is 11.4 Å². The number of morpholine rings is 1. The van der Waals surface area contributed by atoms with Crippen LogP contribution in [-0.4, -0.2) is 55.1 Å². The number of hydrogen-bond donors (Lipinski definition) is 0. The van der Waals surface area contributed by atoms with E-state index in [0.29, 0.717) is 45.0 Å². The van der Waals surface area contributed by atoms with Gasteiger partial charge in [0.1, 0.15) is 0 Å². The Kier molecular flexibility index (Phi) is 6.54. The summed E-state index contributed by atoms with van der Waals surface area (Å²) in [5.41, 5.74) is 1.11. The topological polar surface area (TPSA) is 75.9 Å². The number of nitrogens with zero attached hydrogens (tertiary/aromatic N) is 3. The summed E-state index contributed by atoms with van der Waals surface area (Å²) in [5.74, 6) is -0.135. The number of anilines is 1. The van der Waals surface area contributed by atoms with E-state index in [1.165, 1.54) is 12.1 Å². The first-order valence-electron chi connectivity index (χ1n) is 8.48. The fraction of sp³-hybridized carbons (Fsp3) is 0.588. The third-order valence-corrected chi connectivity index (χ3v) is 4.05. The van der Waals surface area contributed by atoms with E-state index in [4.69, 9.17) is 4.74 Å². The number of rotatable bonds is 7. The molecule has 2 rings (SSSR count). The largest absolute Gasteiger partial charge is 0.378 e. The summed E-state index contributed by atoms with van der Waals surface area (Å²) in [5, 5.41) is 11.1. The van der Waals surface area contributed by atoms with E-state index in [1.807, 2.05) is 13.8 Å². The minimum atomic E-state index is -0.455. The lowest BCUT2D eigenvalue weighted by Gasteiger charge is -2.31. The zero-order valence-corrected chi connectivity index (χ0v) is 14.4. The normalized spacial score (nSPS) is 14.5. The lowest BCUT2D eigenvalue weighted by molar-refractivity contribution is -0.384. The Morgan fingerprint density at radius 1 is 1.25 bits per heavy atom. The van der Waals surface area contributed by atoms with Gasteiger partial charge in [-0.1, -0.05) is 13.8 Å². The number of ether oxygens (including phenoxy) is 1. The predicted octanol–water partition coefficient (Wildman–Crippen LogP) is 2.69. The second kappa shape index (κ2) is 8.63. The average Bonchev–Trinajstić information content (AvgIpc) is 2.61. The minimum absolute atomic E-state index is 0.0525. The lowest BCUT2D eigenvalue weighted by Crippen LogP contribution is -2.39. The van der Waals surface area contributed by atoms with Crippen LogP contribution in [0.1, 0.15) is 37.0 Å². The van der Waals surface area contributed by atoms with Crippen molar-refractivity contribution in [1.82, 2.24) is 4.90 Å². The average molecular weight is 335 g/mol. The highest BCUT2D eigenvalue weighted by Crippen LogP contribution is 2.27. The summed E-state index contributed by atoms with van der Waals surface area (Å²) in [6, 6.07) is 4.56. The number of amides is 1. The van der Waals surface area contributed by atoms with Crippen molar-refractivity contribution in [2.24, 2.45) is 0 Å². The minimum Gasteiger partial charge on any atom is -0.378 e. The van der Waals surface area contributed by atoms with Crippen LogP contribution in [0.15, 0.2) is 18.2 Å². The molecule has 1 amide bonds. The molecule has 1 aromatic rings. The molecule has 1 saturated heterocycles. The second-order valence-corrected chi connectivity index (χ2v) is 5.85. The monoisotopic (exact) mass is 335 g/mol. The molecule has 132 valence electrons. The molecule has 0 saturated carbocycles. The Morgan fingerprint density at radius 2 is 1.88 bits per heavy atom. The van der Waals surface area contributed by atoms with Gasteiger partial charge in [0.05, 0.1) is 29.4 Å². The molecular weight excluding hydrogens is 310 g/mol. The van der Waals surface area contributed by atoms with E-state index in [9.17, 15) is 14.9 Å². The van der Waals surface area contributed by atoms with Gasteiger partial charge in [-0.2, -0.15) is 0 Å². The Hall–Kier alpha value is -2.15. The van der Waals surface area contributed by atoms with Crippen molar-refractivity contribution < 1.29 is 14.5 Å². The first-order chi connectivity index (χ1) is 11.6. The Balaban J connectivity index is 2.40.